The number of anilines is 1. The molecule has 2 N–H and O–H groups in total. The van der Waals surface area contributed by atoms with E-state index in [4.69, 9.17) is 20.5 Å². The van der Waals surface area contributed by atoms with Gasteiger partial charge in [0, 0.05) is 24.9 Å². The van der Waals surface area contributed by atoms with E-state index >= 15 is 0 Å². The van der Waals surface area contributed by atoms with Crippen LogP contribution in [0.1, 0.15) is 15.9 Å². The van der Waals surface area contributed by atoms with Gasteiger partial charge in [0.05, 0.1) is 6.61 Å². The Balaban J connectivity index is 3.09. The quantitative estimate of drug-likeness (QED) is 0.608. The zero-order valence-corrected chi connectivity index (χ0v) is 12.8. The number of amides is 1. The van der Waals surface area contributed by atoms with E-state index in [0.717, 1.165) is 0 Å². The summed E-state index contributed by atoms with van der Waals surface area (Å²) in [7, 11) is 1.54. The molecule has 0 bridgehead atoms. The first kappa shape index (κ1) is 17.7. The van der Waals surface area contributed by atoms with Gasteiger partial charge in [-0.1, -0.05) is 6.07 Å². The molecule has 116 valence electrons. The topological polar surface area (TPSA) is 122 Å². The van der Waals surface area contributed by atoms with Crippen LogP contribution >= 0.6 is 0 Å². The van der Waals surface area contributed by atoms with Crippen LogP contribution in [0.4, 0.5) is 5.69 Å². The Bertz CT molecular complexity index is 731. The van der Waals surface area contributed by atoms with Crippen molar-refractivity contribution in [2.45, 2.75) is 6.92 Å². The molecule has 0 radical (unpaired) electrons. The Hall–Kier alpha value is -3.34. The van der Waals surface area contributed by atoms with Crippen molar-refractivity contribution in [3.05, 3.63) is 40.6 Å². The van der Waals surface area contributed by atoms with Crippen molar-refractivity contribution in [3.63, 3.8) is 0 Å². The van der Waals surface area contributed by atoms with Crippen LogP contribution in [-0.2, 0) is 4.74 Å². The maximum atomic E-state index is 12.1. The average molecular weight is 309 g/mol. The van der Waals surface area contributed by atoms with Crippen LogP contribution in [0, 0.1) is 40.9 Å². The molecular formula is C16H15N5O2. The third-order valence-electron chi connectivity index (χ3n) is 3.02. The molecule has 0 unspecified atom stereocenters. The highest BCUT2D eigenvalue weighted by Gasteiger charge is 2.13. The van der Waals surface area contributed by atoms with Crippen molar-refractivity contribution in [1.82, 2.24) is 5.32 Å². The van der Waals surface area contributed by atoms with Crippen LogP contribution in [0.25, 0.3) is 0 Å². The summed E-state index contributed by atoms with van der Waals surface area (Å²) in [5.41, 5.74) is 1.03. The number of benzene rings is 1. The van der Waals surface area contributed by atoms with Crippen LogP contribution in [-0.4, -0.2) is 26.2 Å². The van der Waals surface area contributed by atoms with E-state index in [0.29, 0.717) is 30.0 Å². The van der Waals surface area contributed by atoms with Crippen molar-refractivity contribution in [1.29, 1.82) is 15.8 Å². The molecule has 0 spiro atoms. The summed E-state index contributed by atoms with van der Waals surface area (Å²) in [5, 5.41) is 32.2. The summed E-state index contributed by atoms with van der Waals surface area (Å²) in [4.78, 5) is 12.1. The van der Waals surface area contributed by atoms with Gasteiger partial charge in [0.25, 0.3) is 5.91 Å². The van der Waals surface area contributed by atoms with Gasteiger partial charge in [-0.3, -0.25) is 4.79 Å². The number of allylic oxidation sites excluding steroid dienone is 2. The van der Waals surface area contributed by atoms with E-state index < -0.39 is 0 Å². The first-order valence-electron chi connectivity index (χ1n) is 6.67. The Labute approximate surface area is 134 Å². The van der Waals surface area contributed by atoms with Crippen molar-refractivity contribution in [3.8, 4) is 18.2 Å². The molecule has 0 saturated carbocycles. The molecule has 7 nitrogen and oxygen atoms in total. The largest absolute Gasteiger partial charge is 0.383 e. The summed E-state index contributed by atoms with van der Waals surface area (Å²) in [5.74, 6) is -0.272. The van der Waals surface area contributed by atoms with Crippen LogP contribution < -0.4 is 10.6 Å². The number of nitrogens with zero attached hydrogens (tertiary/aromatic N) is 3. The highest BCUT2D eigenvalue weighted by Crippen LogP contribution is 2.21. The van der Waals surface area contributed by atoms with Crippen molar-refractivity contribution in [2.75, 3.05) is 25.6 Å². The SMILES string of the molecule is COCCNC(=O)c1cccc(NC(C#N)=C(C#N)C#N)c1C. The molecule has 0 aliphatic heterocycles. The number of carbonyl (C=O) groups excluding carboxylic acids is 1. The predicted molar refractivity (Wildman–Crippen MR) is 82.9 cm³/mol. The molecule has 1 amide bonds. The first-order valence-corrected chi connectivity index (χ1v) is 6.67. The zero-order valence-electron chi connectivity index (χ0n) is 12.8. The van der Waals surface area contributed by atoms with Gasteiger partial charge in [-0.05, 0) is 24.6 Å². The molecule has 0 aliphatic carbocycles. The minimum Gasteiger partial charge on any atom is -0.383 e. The average Bonchev–Trinajstić information content (AvgIpc) is 2.56. The van der Waals surface area contributed by atoms with E-state index in [9.17, 15) is 4.79 Å². The lowest BCUT2D eigenvalue weighted by molar-refractivity contribution is 0.0936. The zero-order chi connectivity index (χ0) is 17.2. The van der Waals surface area contributed by atoms with E-state index in [1.165, 1.54) is 0 Å². The first-order chi connectivity index (χ1) is 11.1. The maximum Gasteiger partial charge on any atom is 0.251 e. The van der Waals surface area contributed by atoms with E-state index in [1.807, 2.05) is 0 Å². The van der Waals surface area contributed by atoms with Gasteiger partial charge in [0.15, 0.2) is 5.57 Å². The molecule has 0 heterocycles. The molecule has 1 rings (SSSR count). The molecule has 0 fully saturated rings. The molecule has 23 heavy (non-hydrogen) atoms. The number of ether oxygens (including phenoxy) is 1. The predicted octanol–water partition coefficient (Wildman–Crippen LogP) is 1.61. The van der Waals surface area contributed by atoms with Gasteiger partial charge in [0.2, 0.25) is 0 Å². The number of rotatable bonds is 6. The second-order valence-electron chi connectivity index (χ2n) is 4.44. The molecule has 0 atom stereocenters. The van der Waals surface area contributed by atoms with E-state index in [1.54, 1.807) is 50.4 Å². The molecule has 0 saturated heterocycles. The lowest BCUT2D eigenvalue weighted by atomic mass is 10.1. The fourth-order valence-corrected chi connectivity index (χ4v) is 1.80. The highest BCUT2D eigenvalue weighted by molar-refractivity contribution is 5.97. The second-order valence-corrected chi connectivity index (χ2v) is 4.44. The monoisotopic (exact) mass is 309 g/mol. The molecular weight excluding hydrogens is 294 g/mol. The summed E-state index contributed by atoms with van der Waals surface area (Å²) >= 11 is 0. The van der Waals surface area contributed by atoms with Crippen molar-refractivity contribution < 1.29 is 9.53 Å². The summed E-state index contributed by atoms with van der Waals surface area (Å²) in [6.07, 6.45) is 0. The third kappa shape index (κ3) is 4.57. The Kier molecular flexibility index (Phi) is 6.81. The fourth-order valence-electron chi connectivity index (χ4n) is 1.80. The van der Waals surface area contributed by atoms with Crippen LogP contribution in [0.5, 0.6) is 0 Å². The molecule has 1 aromatic carbocycles. The van der Waals surface area contributed by atoms with Crippen molar-refractivity contribution in [2.24, 2.45) is 0 Å². The second kappa shape index (κ2) is 8.84. The number of hydrogen-bond donors (Lipinski definition) is 2. The summed E-state index contributed by atoms with van der Waals surface area (Å²) in [6, 6.07) is 10.0. The third-order valence-corrected chi connectivity index (χ3v) is 3.02. The van der Waals surface area contributed by atoms with Gasteiger partial charge >= 0.3 is 0 Å². The summed E-state index contributed by atoms with van der Waals surface area (Å²) < 4.78 is 4.87. The molecule has 1 aromatic rings. The number of hydrogen-bond acceptors (Lipinski definition) is 6. The Morgan fingerprint density at radius 1 is 1.22 bits per heavy atom. The number of nitrogens with one attached hydrogen (secondary N) is 2. The smallest absolute Gasteiger partial charge is 0.251 e. The standard InChI is InChI=1S/C16H15N5O2/c1-11-13(16(22)20-6-7-23-2)4-3-5-14(11)21-15(10-19)12(8-17)9-18/h3-5,21H,6-7H2,1-2H3,(H,20,22). The lowest BCUT2D eigenvalue weighted by Gasteiger charge is -2.12. The fraction of sp³-hybridized carbons (Fsp3) is 0.250. The van der Waals surface area contributed by atoms with Crippen LogP contribution in [0.2, 0.25) is 0 Å². The molecule has 7 heteroatoms. The molecule has 0 aromatic heterocycles. The highest BCUT2D eigenvalue weighted by atomic mass is 16.5. The van der Waals surface area contributed by atoms with E-state index in [-0.39, 0.29) is 17.2 Å². The van der Waals surface area contributed by atoms with Gasteiger partial charge < -0.3 is 15.4 Å². The maximum absolute atomic E-state index is 12.1. The number of carbonyl (C=O) groups is 1. The lowest BCUT2D eigenvalue weighted by Crippen LogP contribution is -2.27. The van der Waals surface area contributed by atoms with Crippen molar-refractivity contribution >= 4 is 11.6 Å². The van der Waals surface area contributed by atoms with Gasteiger partial charge in [0.1, 0.15) is 23.9 Å². The van der Waals surface area contributed by atoms with Gasteiger partial charge in [-0.25, -0.2) is 0 Å². The van der Waals surface area contributed by atoms with Gasteiger partial charge in [-0.2, -0.15) is 15.8 Å². The van der Waals surface area contributed by atoms with Crippen LogP contribution in [0.3, 0.4) is 0 Å². The number of methoxy groups -OCH3 is 1. The normalized spacial score (nSPS) is 9.00. The molecule has 0 aliphatic rings. The minimum absolute atomic E-state index is 0.157. The van der Waals surface area contributed by atoms with Crippen LogP contribution in [0.15, 0.2) is 29.5 Å². The number of nitriles is 3. The Morgan fingerprint density at radius 2 is 1.91 bits per heavy atom. The van der Waals surface area contributed by atoms with E-state index in [2.05, 4.69) is 10.6 Å². The summed E-state index contributed by atoms with van der Waals surface area (Å²) in [6.45, 7) is 2.49. The van der Waals surface area contributed by atoms with Gasteiger partial charge in [-0.15, -0.1) is 0 Å². The minimum atomic E-state index is -0.318. The Morgan fingerprint density at radius 3 is 2.48 bits per heavy atom.